The van der Waals surface area contributed by atoms with Crippen LogP contribution < -0.4 is 5.32 Å². The number of rotatable bonds is 16. The van der Waals surface area contributed by atoms with Crippen LogP contribution in [-0.4, -0.2) is 93.6 Å². The number of esters is 1. The topological polar surface area (TPSA) is 181 Å². The molecule has 0 aliphatic carbocycles. The maximum absolute atomic E-state index is 14.1. The maximum atomic E-state index is 14.1. The molecule has 5 atom stereocenters. The number of halogens is 1. The van der Waals surface area contributed by atoms with Crippen LogP contribution in [0.1, 0.15) is 87.3 Å². The van der Waals surface area contributed by atoms with E-state index in [1.165, 1.54) is 6.33 Å². The second kappa shape index (κ2) is 16.1. The third kappa shape index (κ3) is 9.42. The quantitative estimate of drug-likeness (QED) is 0.0926. The molecule has 4 heterocycles. The Labute approximate surface area is 285 Å². The van der Waals surface area contributed by atoms with Gasteiger partial charge < -0.3 is 37.5 Å². The second-order valence-electron chi connectivity index (χ2n) is 12.8. The van der Waals surface area contributed by atoms with Crippen LogP contribution in [0.2, 0.25) is 5.28 Å². The average Bonchev–Trinajstić information content (AvgIpc) is 3.63. The molecule has 2 aromatic rings. The molecule has 0 bridgehead atoms. The van der Waals surface area contributed by atoms with Crippen molar-refractivity contribution >= 4 is 48.2 Å². The summed E-state index contributed by atoms with van der Waals surface area (Å²) >= 11 is 6.27. The number of hydrogen-bond donors (Lipinski definition) is 1. The minimum Gasteiger partial charge on any atom is -0.464 e. The molecule has 2 saturated heterocycles. The Balaban J connectivity index is 1.62. The molecule has 18 heteroatoms. The van der Waals surface area contributed by atoms with E-state index in [0.717, 1.165) is 12.8 Å². The van der Waals surface area contributed by atoms with Gasteiger partial charge in [-0.15, -0.1) is 0 Å². The lowest BCUT2D eigenvalue weighted by Gasteiger charge is -2.28. The van der Waals surface area contributed by atoms with Crippen molar-refractivity contribution in [3.63, 3.8) is 0 Å². The number of unbranched alkanes of at least 4 members (excludes halogenated alkanes) is 2. The number of nitrogens with zero attached hydrogens (tertiary/aromatic N) is 4. The smallest absolute Gasteiger partial charge is 0.413 e. The van der Waals surface area contributed by atoms with Gasteiger partial charge in [0.2, 0.25) is 5.28 Å². The molecule has 1 amide bonds. The van der Waals surface area contributed by atoms with Crippen LogP contribution in [-0.2, 0) is 46.8 Å². The summed E-state index contributed by atoms with van der Waals surface area (Å²) in [6, 6.07) is 0. The predicted octanol–water partition coefficient (Wildman–Crippen LogP) is 5.98. The maximum Gasteiger partial charge on any atom is 0.413 e. The van der Waals surface area contributed by atoms with Gasteiger partial charge in [0.15, 0.2) is 29.0 Å². The van der Waals surface area contributed by atoms with Crippen LogP contribution in [0.25, 0.3) is 11.2 Å². The number of carbonyl (C=O) groups excluding carboxylic acids is 2. The van der Waals surface area contributed by atoms with E-state index in [4.69, 9.17) is 49.1 Å². The highest BCUT2D eigenvalue weighted by Crippen LogP contribution is 2.55. The van der Waals surface area contributed by atoms with Crippen molar-refractivity contribution in [2.45, 2.75) is 123 Å². The highest BCUT2D eigenvalue weighted by Gasteiger charge is 2.57. The molecule has 16 nitrogen and oxygen atoms in total. The lowest BCUT2D eigenvalue weighted by Crippen LogP contribution is -2.37. The second-order valence-corrected chi connectivity index (χ2v) is 15.2. The summed E-state index contributed by atoms with van der Waals surface area (Å²) in [5.74, 6) is -3.51. The normalized spacial score (nSPS) is 22.9. The first-order valence-corrected chi connectivity index (χ1v) is 18.2. The van der Waals surface area contributed by atoms with Gasteiger partial charge in [0.1, 0.15) is 23.9 Å². The van der Waals surface area contributed by atoms with Crippen molar-refractivity contribution in [2.24, 2.45) is 0 Å². The third-order valence-corrected chi connectivity index (χ3v) is 9.33. The molecule has 2 aromatic heterocycles. The van der Waals surface area contributed by atoms with Gasteiger partial charge in [-0.2, -0.15) is 9.97 Å². The highest BCUT2D eigenvalue weighted by molar-refractivity contribution is 7.55. The molecule has 48 heavy (non-hydrogen) atoms. The minimum absolute atomic E-state index is 0.0311. The summed E-state index contributed by atoms with van der Waals surface area (Å²) in [4.78, 5) is 38.6. The summed E-state index contributed by atoms with van der Waals surface area (Å²) in [6.45, 7) is 14.3. The first-order valence-electron chi connectivity index (χ1n) is 16.2. The van der Waals surface area contributed by atoms with Crippen molar-refractivity contribution in [2.75, 3.05) is 31.7 Å². The Kier molecular flexibility index (Phi) is 12.8. The fraction of sp³-hybridized carbons (Fsp3) is 0.767. The number of aromatic nitrogens is 4. The SMILES string of the molecule is CCCCOP(=O)(OCCCC)C(OC[C@H]1O[C@@H](n2cnc3c(NC(=O)OC(C)(C)C)nc(Cl)nc32)[C@@H]2OC(C)(C)O[C@@H]21)C(=O)OCC. The van der Waals surface area contributed by atoms with Crippen molar-refractivity contribution in [1.29, 1.82) is 0 Å². The van der Waals surface area contributed by atoms with Gasteiger partial charge in [0.05, 0.1) is 32.8 Å². The third-order valence-electron chi connectivity index (χ3n) is 7.14. The molecule has 1 unspecified atom stereocenters. The van der Waals surface area contributed by atoms with E-state index in [0.29, 0.717) is 12.8 Å². The molecular formula is C30H47ClN5O11P. The number of nitrogens with one attached hydrogen (secondary N) is 1. The first kappa shape index (κ1) is 38.4. The van der Waals surface area contributed by atoms with E-state index in [-0.39, 0.29) is 48.7 Å². The zero-order valence-corrected chi connectivity index (χ0v) is 30.4. The van der Waals surface area contributed by atoms with Crippen molar-refractivity contribution in [3.8, 4) is 0 Å². The summed E-state index contributed by atoms with van der Waals surface area (Å²) in [5.41, 5.74) is -0.290. The molecule has 1 N–H and O–H groups in total. The number of ether oxygens (including phenoxy) is 6. The largest absolute Gasteiger partial charge is 0.464 e. The Hall–Kier alpha value is -2.43. The van der Waals surface area contributed by atoms with Crippen molar-refractivity contribution < 1.29 is 51.6 Å². The summed E-state index contributed by atoms with van der Waals surface area (Å²) in [5, 5.41) is 2.42. The van der Waals surface area contributed by atoms with Gasteiger partial charge >= 0.3 is 19.7 Å². The average molecular weight is 720 g/mol. The Morgan fingerprint density at radius 3 is 2.33 bits per heavy atom. The van der Waals surface area contributed by atoms with Gasteiger partial charge in [-0.3, -0.25) is 14.4 Å². The van der Waals surface area contributed by atoms with E-state index in [9.17, 15) is 14.2 Å². The van der Waals surface area contributed by atoms with Gasteiger partial charge in [-0.05, 0) is 66.0 Å². The highest BCUT2D eigenvalue weighted by atomic mass is 35.5. The molecule has 2 aliphatic rings. The van der Waals surface area contributed by atoms with Crippen LogP contribution in [0, 0.1) is 0 Å². The molecule has 2 aliphatic heterocycles. The van der Waals surface area contributed by atoms with Gasteiger partial charge in [-0.25, -0.2) is 14.6 Å². The van der Waals surface area contributed by atoms with Crippen LogP contribution in [0.15, 0.2) is 6.33 Å². The first-order chi connectivity index (χ1) is 22.6. The number of hydrogen-bond acceptors (Lipinski definition) is 14. The minimum atomic E-state index is -4.13. The summed E-state index contributed by atoms with van der Waals surface area (Å²) < 4.78 is 62.6. The van der Waals surface area contributed by atoms with Crippen molar-refractivity contribution in [3.05, 3.63) is 11.6 Å². The molecular weight excluding hydrogens is 673 g/mol. The van der Waals surface area contributed by atoms with Crippen molar-refractivity contribution in [1.82, 2.24) is 19.5 Å². The summed E-state index contributed by atoms with van der Waals surface area (Å²) in [6.07, 6.45) is 0.398. The monoisotopic (exact) mass is 719 g/mol. The molecule has 0 saturated carbocycles. The number of amides is 1. The number of carbonyl (C=O) groups is 2. The predicted molar refractivity (Wildman–Crippen MR) is 174 cm³/mol. The number of imidazole rings is 1. The zero-order chi connectivity index (χ0) is 35.3. The molecule has 4 rings (SSSR count). The van der Waals surface area contributed by atoms with Crippen LogP contribution in [0.5, 0.6) is 0 Å². The lowest BCUT2D eigenvalue weighted by atomic mass is 10.1. The van der Waals surface area contributed by atoms with Crippen LogP contribution >= 0.6 is 19.2 Å². The lowest BCUT2D eigenvalue weighted by molar-refractivity contribution is -0.203. The summed E-state index contributed by atoms with van der Waals surface area (Å²) in [7, 11) is -4.13. The fourth-order valence-electron chi connectivity index (χ4n) is 5.11. The van der Waals surface area contributed by atoms with E-state index in [2.05, 4.69) is 20.3 Å². The Morgan fingerprint density at radius 2 is 1.73 bits per heavy atom. The molecule has 270 valence electrons. The zero-order valence-electron chi connectivity index (χ0n) is 28.7. The van der Waals surface area contributed by atoms with Gasteiger partial charge in [0.25, 0.3) is 5.85 Å². The Morgan fingerprint density at radius 1 is 1.08 bits per heavy atom. The number of fused-ring (bicyclic) bond motifs is 2. The molecule has 0 spiro atoms. The number of anilines is 1. The molecule has 0 radical (unpaired) electrons. The van der Waals surface area contributed by atoms with E-state index in [1.807, 2.05) is 13.8 Å². The van der Waals surface area contributed by atoms with Gasteiger partial charge in [0, 0.05) is 0 Å². The standard InChI is InChI=1S/C30H47ClN5O11P/c1-9-12-14-42-48(39,43-15-13-10-2)26(25(37)40-11-3)41-16-18-20-21(46-30(7,8)45-20)24(44-18)36-17-32-19-22(33-27(31)35-23(19)36)34-28(38)47-29(4,5)6/h17-18,20-21,24,26H,9-16H2,1-8H3,(H,33,34,35,38)/t18-,20-,21-,24-,26?/m1/s1. The van der Waals surface area contributed by atoms with Gasteiger partial charge in [-0.1, -0.05) is 26.7 Å². The van der Waals surface area contributed by atoms with E-state index >= 15 is 0 Å². The Bertz CT molecular complexity index is 1450. The van der Waals surface area contributed by atoms with Crippen LogP contribution in [0.3, 0.4) is 0 Å². The van der Waals surface area contributed by atoms with Crippen LogP contribution in [0.4, 0.5) is 10.6 Å². The molecule has 0 aromatic carbocycles. The fourth-order valence-corrected chi connectivity index (χ4v) is 6.99. The molecule has 2 fully saturated rings. The van der Waals surface area contributed by atoms with E-state index < -0.39 is 61.4 Å². The van der Waals surface area contributed by atoms with E-state index in [1.54, 1.807) is 46.1 Å².